The van der Waals surface area contributed by atoms with Crippen LogP contribution in [0.1, 0.15) is 24.7 Å². The molecular weight excluding hydrogens is 384 g/mol. The molecule has 0 atom stereocenters. The molecule has 8 heteroatoms. The summed E-state index contributed by atoms with van der Waals surface area (Å²) in [5.74, 6) is 1.74. The molecule has 7 nitrogen and oxygen atoms in total. The predicted octanol–water partition coefficient (Wildman–Crippen LogP) is 3.94. The van der Waals surface area contributed by atoms with Gasteiger partial charge in [-0.2, -0.15) is 5.10 Å². The first-order valence-corrected chi connectivity index (χ1v) is 10.6. The maximum atomic E-state index is 5.32. The van der Waals surface area contributed by atoms with Crippen molar-refractivity contribution in [3.05, 3.63) is 54.2 Å². The number of rotatable bonds is 5. The maximum absolute atomic E-state index is 5.32. The van der Waals surface area contributed by atoms with Gasteiger partial charge in [0.1, 0.15) is 29.9 Å². The van der Waals surface area contributed by atoms with Gasteiger partial charge in [0.2, 0.25) is 0 Å². The molecule has 1 saturated heterocycles. The zero-order valence-electron chi connectivity index (χ0n) is 16.2. The number of nitrogens with zero attached hydrogens (tertiary/aromatic N) is 6. The van der Waals surface area contributed by atoms with Crippen molar-refractivity contribution in [3.63, 3.8) is 0 Å². The average molecular weight is 407 g/mol. The Balaban J connectivity index is 1.54. The third kappa shape index (κ3) is 3.49. The van der Waals surface area contributed by atoms with E-state index in [9.17, 15) is 0 Å². The van der Waals surface area contributed by atoms with Crippen LogP contribution in [0.15, 0.2) is 48.4 Å². The van der Waals surface area contributed by atoms with Crippen molar-refractivity contribution in [2.75, 3.05) is 25.1 Å². The number of methoxy groups -OCH3 is 1. The number of hydrogen-bond donors (Lipinski definition) is 0. The van der Waals surface area contributed by atoms with Crippen LogP contribution in [-0.4, -0.2) is 44.9 Å². The Morgan fingerprint density at radius 3 is 2.69 bits per heavy atom. The van der Waals surface area contributed by atoms with Crippen molar-refractivity contribution in [3.8, 4) is 11.1 Å². The van der Waals surface area contributed by atoms with Crippen LogP contribution in [0.5, 0.6) is 0 Å². The Labute approximate surface area is 173 Å². The van der Waals surface area contributed by atoms with Crippen LogP contribution in [0.3, 0.4) is 0 Å². The molecule has 3 aromatic heterocycles. The van der Waals surface area contributed by atoms with Crippen LogP contribution in [0.2, 0.25) is 0 Å². The van der Waals surface area contributed by atoms with Gasteiger partial charge in [-0.25, -0.2) is 19.6 Å². The predicted molar refractivity (Wildman–Crippen MR) is 114 cm³/mol. The quantitative estimate of drug-likeness (QED) is 0.500. The number of aromatic nitrogens is 5. The van der Waals surface area contributed by atoms with E-state index in [1.54, 1.807) is 24.8 Å². The summed E-state index contributed by atoms with van der Waals surface area (Å²) in [4.78, 5) is 17.2. The number of ether oxygens (including phenoxy) is 1. The Kier molecular flexibility index (Phi) is 4.95. The molecule has 148 valence electrons. The lowest BCUT2D eigenvalue weighted by Gasteiger charge is -2.33. The van der Waals surface area contributed by atoms with Gasteiger partial charge in [-0.3, -0.25) is 0 Å². The molecule has 0 amide bonds. The number of piperidine rings is 1. The largest absolute Gasteiger partial charge is 0.377 e. The van der Waals surface area contributed by atoms with Crippen molar-refractivity contribution in [1.82, 2.24) is 24.7 Å². The smallest absolute Gasteiger partial charge is 0.158 e. The third-order valence-corrected chi connectivity index (χ3v) is 6.27. The van der Waals surface area contributed by atoms with Crippen molar-refractivity contribution >= 4 is 27.4 Å². The van der Waals surface area contributed by atoms with E-state index < -0.39 is 0 Å². The summed E-state index contributed by atoms with van der Waals surface area (Å²) in [6.07, 6.45) is 5.44. The maximum Gasteiger partial charge on any atom is 0.158 e. The lowest BCUT2D eigenvalue weighted by Crippen LogP contribution is -2.35. The van der Waals surface area contributed by atoms with E-state index in [1.807, 2.05) is 17.1 Å². The molecule has 1 fully saturated rings. The Morgan fingerprint density at radius 1 is 1.14 bits per heavy atom. The summed E-state index contributed by atoms with van der Waals surface area (Å²) in [6, 6.07) is 10.9. The molecule has 0 bridgehead atoms. The molecule has 1 aliphatic rings. The molecule has 4 heterocycles. The summed E-state index contributed by atoms with van der Waals surface area (Å²) in [5.41, 5.74) is 2.39. The normalized spacial score (nSPS) is 15.3. The number of thiophene rings is 1. The second kappa shape index (κ2) is 7.88. The standard InChI is InChI=1S/C21H22N6OS/c1-28-11-18-24-20(26-9-7-16(8-10-26)27-14-22-13-23-27)19-17(12-29-21(19)25-18)15-5-3-2-4-6-15/h2-6,12-14,16H,7-11H2,1H3. The molecule has 0 N–H and O–H groups in total. The fraction of sp³-hybridized carbons (Fsp3) is 0.333. The van der Waals surface area contributed by atoms with Crippen LogP contribution in [0.4, 0.5) is 5.82 Å². The highest BCUT2D eigenvalue weighted by molar-refractivity contribution is 7.17. The molecule has 0 unspecified atom stereocenters. The number of fused-ring (bicyclic) bond motifs is 1. The van der Waals surface area contributed by atoms with Crippen molar-refractivity contribution in [2.45, 2.75) is 25.5 Å². The zero-order valence-corrected chi connectivity index (χ0v) is 17.0. The Bertz CT molecular complexity index is 1090. The van der Waals surface area contributed by atoms with Gasteiger partial charge in [0.05, 0.1) is 11.4 Å². The molecule has 0 spiro atoms. The van der Waals surface area contributed by atoms with Gasteiger partial charge in [0.15, 0.2) is 5.82 Å². The van der Waals surface area contributed by atoms with Crippen LogP contribution in [-0.2, 0) is 11.3 Å². The fourth-order valence-corrected chi connectivity index (χ4v) is 4.93. The van der Waals surface area contributed by atoms with E-state index in [-0.39, 0.29) is 0 Å². The van der Waals surface area contributed by atoms with E-state index in [2.05, 4.69) is 44.6 Å². The minimum Gasteiger partial charge on any atom is -0.377 e. The first kappa shape index (κ1) is 18.2. The highest BCUT2D eigenvalue weighted by atomic mass is 32.1. The zero-order chi connectivity index (χ0) is 19.6. The van der Waals surface area contributed by atoms with Crippen LogP contribution in [0.25, 0.3) is 21.3 Å². The number of hydrogen-bond acceptors (Lipinski definition) is 7. The van der Waals surface area contributed by atoms with E-state index in [0.29, 0.717) is 12.6 Å². The number of benzene rings is 1. The van der Waals surface area contributed by atoms with Gasteiger partial charge in [-0.15, -0.1) is 11.3 Å². The summed E-state index contributed by atoms with van der Waals surface area (Å²) in [7, 11) is 1.68. The molecule has 4 aromatic rings. The molecule has 5 rings (SSSR count). The van der Waals surface area contributed by atoms with E-state index in [4.69, 9.17) is 14.7 Å². The second-order valence-electron chi connectivity index (χ2n) is 7.19. The highest BCUT2D eigenvalue weighted by Crippen LogP contribution is 2.39. The third-order valence-electron chi connectivity index (χ3n) is 5.39. The summed E-state index contributed by atoms with van der Waals surface area (Å²) in [5, 5.41) is 7.65. The first-order valence-electron chi connectivity index (χ1n) is 9.75. The molecule has 0 aliphatic carbocycles. The number of anilines is 1. The summed E-state index contributed by atoms with van der Waals surface area (Å²) < 4.78 is 7.29. The van der Waals surface area contributed by atoms with E-state index in [0.717, 1.165) is 47.8 Å². The minimum atomic E-state index is 0.389. The lowest BCUT2D eigenvalue weighted by atomic mass is 10.0. The van der Waals surface area contributed by atoms with Gasteiger partial charge in [0, 0.05) is 31.1 Å². The summed E-state index contributed by atoms with van der Waals surface area (Å²) >= 11 is 1.67. The van der Waals surface area contributed by atoms with Crippen molar-refractivity contribution < 1.29 is 4.74 Å². The molecule has 0 radical (unpaired) electrons. The van der Waals surface area contributed by atoms with Gasteiger partial charge in [-0.1, -0.05) is 30.3 Å². The molecule has 1 aromatic carbocycles. The molecule has 29 heavy (non-hydrogen) atoms. The Hall–Kier alpha value is -2.84. The fourth-order valence-electron chi connectivity index (χ4n) is 3.97. The minimum absolute atomic E-state index is 0.389. The summed E-state index contributed by atoms with van der Waals surface area (Å²) in [6.45, 7) is 2.26. The van der Waals surface area contributed by atoms with Crippen LogP contribution in [0, 0.1) is 0 Å². The Morgan fingerprint density at radius 2 is 1.97 bits per heavy atom. The topological polar surface area (TPSA) is 69.0 Å². The lowest BCUT2D eigenvalue weighted by molar-refractivity contribution is 0.178. The molecule has 1 aliphatic heterocycles. The van der Waals surface area contributed by atoms with Crippen LogP contribution >= 0.6 is 11.3 Å². The molecular formula is C21H22N6OS. The van der Waals surface area contributed by atoms with Crippen molar-refractivity contribution in [2.24, 2.45) is 0 Å². The van der Waals surface area contributed by atoms with E-state index in [1.165, 1.54) is 11.1 Å². The van der Waals surface area contributed by atoms with Gasteiger partial charge < -0.3 is 9.64 Å². The SMILES string of the molecule is COCc1nc(N2CCC(n3cncn3)CC2)c2c(-c3ccccc3)csc2n1. The molecule has 0 saturated carbocycles. The first-order chi connectivity index (χ1) is 14.3. The monoisotopic (exact) mass is 406 g/mol. The average Bonchev–Trinajstić information content (AvgIpc) is 3.45. The van der Waals surface area contributed by atoms with Gasteiger partial charge in [-0.05, 0) is 18.4 Å². The van der Waals surface area contributed by atoms with Crippen LogP contribution < -0.4 is 4.90 Å². The van der Waals surface area contributed by atoms with Crippen molar-refractivity contribution in [1.29, 1.82) is 0 Å². The highest BCUT2D eigenvalue weighted by Gasteiger charge is 2.25. The van der Waals surface area contributed by atoms with Gasteiger partial charge in [0.25, 0.3) is 0 Å². The van der Waals surface area contributed by atoms with Gasteiger partial charge >= 0.3 is 0 Å². The van der Waals surface area contributed by atoms with E-state index >= 15 is 0 Å². The second-order valence-corrected chi connectivity index (χ2v) is 8.04.